The predicted molar refractivity (Wildman–Crippen MR) is 74.7 cm³/mol. The van der Waals surface area contributed by atoms with Crippen LogP contribution >= 0.6 is 0 Å². The number of nitrogens with zero attached hydrogens (tertiary/aromatic N) is 1. The van der Waals surface area contributed by atoms with E-state index in [1.165, 1.54) is 7.11 Å². The van der Waals surface area contributed by atoms with E-state index in [4.69, 9.17) is 9.47 Å². The molecule has 0 spiro atoms. The minimum absolute atomic E-state index is 0.00556. The molecule has 2 fully saturated rings. The Morgan fingerprint density at radius 2 is 1.86 bits per heavy atom. The molecule has 0 bridgehead atoms. The summed E-state index contributed by atoms with van der Waals surface area (Å²) < 4.78 is 9.95. The van der Waals surface area contributed by atoms with Gasteiger partial charge >= 0.3 is 12.1 Å². The number of hydrogen-bond donors (Lipinski definition) is 0. The molecule has 0 aromatic heterocycles. The van der Waals surface area contributed by atoms with Crippen LogP contribution in [0, 0.1) is 11.8 Å². The lowest BCUT2D eigenvalue weighted by atomic mass is 9.77. The van der Waals surface area contributed by atoms with E-state index in [9.17, 15) is 19.2 Å². The molecule has 0 N–H and O–H groups in total. The van der Waals surface area contributed by atoms with Gasteiger partial charge in [-0.2, -0.15) is 0 Å². The van der Waals surface area contributed by atoms with E-state index < -0.39 is 41.4 Å². The summed E-state index contributed by atoms with van der Waals surface area (Å²) in [6, 6.07) is -1.08. The first-order valence-electron chi connectivity index (χ1n) is 7.31. The van der Waals surface area contributed by atoms with Gasteiger partial charge in [0.05, 0.1) is 7.11 Å². The average molecular weight is 311 g/mol. The van der Waals surface area contributed by atoms with Crippen LogP contribution in [0.2, 0.25) is 0 Å². The molecule has 0 radical (unpaired) electrons. The van der Waals surface area contributed by atoms with Crippen LogP contribution in [0.1, 0.15) is 40.0 Å². The molecule has 122 valence electrons. The third-order valence-electron chi connectivity index (χ3n) is 3.99. The van der Waals surface area contributed by atoms with E-state index in [0.717, 1.165) is 4.90 Å². The maximum Gasteiger partial charge on any atom is 0.417 e. The van der Waals surface area contributed by atoms with E-state index in [0.29, 0.717) is 12.8 Å². The summed E-state index contributed by atoms with van der Waals surface area (Å²) in [5.74, 6) is -2.18. The first-order chi connectivity index (χ1) is 10.2. The first-order valence-corrected chi connectivity index (χ1v) is 7.31. The van der Waals surface area contributed by atoms with Crippen LogP contribution in [-0.2, 0) is 23.9 Å². The summed E-state index contributed by atoms with van der Waals surface area (Å²) in [5, 5.41) is 0. The van der Waals surface area contributed by atoms with Gasteiger partial charge in [-0.25, -0.2) is 14.5 Å². The highest BCUT2D eigenvalue weighted by atomic mass is 16.6. The van der Waals surface area contributed by atoms with Crippen molar-refractivity contribution in [2.75, 3.05) is 7.11 Å². The highest BCUT2D eigenvalue weighted by Gasteiger charge is 2.56. The van der Waals surface area contributed by atoms with E-state index in [-0.39, 0.29) is 12.2 Å². The topological polar surface area (TPSA) is 90.0 Å². The SMILES string of the molecule is COC(=O)[C@H]1[C@@H]2CC(=O)CC[C@@H]2C(=O)N1C(=O)OC(C)(C)C. The second kappa shape index (κ2) is 5.70. The van der Waals surface area contributed by atoms with Gasteiger partial charge in [0.15, 0.2) is 0 Å². The molecule has 1 saturated heterocycles. The molecule has 1 heterocycles. The molecule has 3 atom stereocenters. The zero-order valence-electron chi connectivity index (χ0n) is 13.3. The second-order valence-corrected chi connectivity index (χ2v) is 6.71. The third-order valence-corrected chi connectivity index (χ3v) is 3.99. The van der Waals surface area contributed by atoms with Crippen molar-refractivity contribution in [3.63, 3.8) is 0 Å². The fraction of sp³-hybridized carbons (Fsp3) is 0.733. The molecule has 22 heavy (non-hydrogen) atoms. The van der Waals surface area contributed by atoms with Gasteiger partial charge in [-0.15, -0.1) is 0 Å². The number of amides is 2. The van der Waals surface area contributed by atoms with E-state index in [1.807, 2.05) is 0 Å². The maximum atomic E-state index is 12.5. The van der Waals surface area contributed by atoms with Crippen molar-refractivity contribution in [1.29, 1.82) is 0 Å². The van der Waals surface area contributed by atoms with E-state index in [1.54, 1.807) is 20.8 Å². The monoisotopic (exact) mass is 311 g/mol. The second-order valence-electron chi connectivity index (χ2n) is 6.71. The normalized spacial score (nSPS) is 28.4. The number of carbonyl (C=O) groups is 4. The Bertz CT molecular complexity index is 521. The van der Waals surface area contributed by atoms with Crippen molar-refractivity contribution in [2.24, 2.45) is 11.8 Å². The Morgan fingerprint density at radius 1 is 1.23 bits per heavy atom. The Hall–Kier alpha value is -1.92. The first kappa shape index (κ1) is 16.5. The van der Waals surface area contributed by atoms with Crippen molar-refractivity contribution in [3.05, 3.63) is 0 Å². The molecule has 7 nitrogen and oxygen atoms in total. The molecule has 2 aliphatic rings. The minimum atomic E-state index is -1.08. The maximum absolute atomic E-state index is 12.5. The zero-order valence-corrected chi connectivity index (χ0v) is 13.3. The lowest BCUT2D eigenvalue weighted by Crippen LogP contribution is -2.47. The fourth-order valence-corrected chi connectivity index (χ4v) is 3.10. The lowest BCUT2D eigenvalue weighted by molar-refractivity contribution is -0.149. The fourth-order valence-electron chi connectivity index (χ4n) is 3.10. The number of esters is 1. The molecule has 1 saturated carbocycles. The number of rotatable bonds is 1. The van der Waals surface area contributed by atoms with Gasteiger partial charge in [-0.3, -0.25) is 9.59 Å². The standard InChI is InChI=1S/C15H21NO6/c1-15(2,3)22-14(20)16-11(13(19)21-4)10-7-8(17)5-6-9(10)12(16)18/h9-11H,5-7H2,1-4H3/t9-,10+,11+/m0/s1. The highest BCUT2D eigenvalue weighted by Crippen LogP contribution is 2.41. The Kier molecular flexibility index (Phi) is 4.26. The summed E-state index contributed by atoms with van der Waals surface area (Å²) in [6.07, 6.45) is -0.108. The van der Waals surface area contributed by atoms with Gasteiger partial charge in [0.1, 0.15) is 17.4 Å². The highest BCUT2D eigenvalue weighted by molar-refractivity contribution is 6.02. The van der Waals surface area contributed by atoms with Crippen LogP contribution < -0.4 is 0 Å². The van der Waals surface area contributed by atoms with Crippen LogP contribution in [-0.4, -0.2) is 47.4 Å². The zero-order chi connectivity index (χ0) is 16.7. The molecule has 1 aliphatic heterocycles. The summed E-state index contributed by atoms with van der Waals surface area (Å²) in [5.41, 5.74) is -0.790. The molecule has 0 aromatic rings. The summed E-state index contributed by atoms with van der Waals surface area (Å²) in [4.78, 5) is 49.4. The quantitative estimate of drug-likeness (QED) is 0.678. The number of imide groups is 1. The van der Waals surface area contributed by atoms with Gasteiger partial charge < -0.3 is 9.47 Å². The van der Waals surface area contributed by atoms with Gasteiger partial charge in [-0.1, -0.05) is 0 Å². The average Bonchev–Trinajstić information content (AvgIpc) is 2.68. The molecule has 2 rings (SSSR count). The van der Waals surface area contributed by atoms with Gasteiger partial charge in [-0.05, 0) is 27.2 Å². The van der Waals surface area contributed by atoms with Crippen molar-refractivity contribution in [2.45, 2.75) is 51.7 Å². The third kappa shape index (κ3) is 2.98. The smallest absolute Gasteiger partial charge is 0.417 e. The summed E-state index contributed by atoms with van der Waals surface area (Å²) in [6.45, 7) is 5.03. The van der Waals surface area contributed by atoms with Gasteiger partial charge in [0, 0.05) is 24.7 Å². The van der Waals surface area contributed by atoms with Crippen LogP contribution in [0.5, 0.6) is 0 Å². The number of ether oxygens (including phenoxy) is 2. The summed E-state index contributed by atoms with van der Waals surface area (Å²) >= 11 is 0. The Balaban J connectivity index is 2.33. The molecule has 0 aromatic carbocycles. The van der Waals surface area contributed by atoms with Crippen molar-refractivity contribution in [1.82, 2.24) is 4.90 Å². The molecule has 2 amide bonds. The van der Waals surface area contributed by atoms with Gasteiger partial charge in [0.2, 0.25) is 5.91 Å². The number of ketones is 1. The number of Topliss-reactive ketones (excluding diaryl/α,β-unsaturated/α-hetero) is 1. The molecule has 7 heteroatoms. The van der Waals surface area contributed by atoms with E-state index in [2.05, 4.69) is 0 Å². The number of likely N-dealkylation sites (tertiary alicyclic amines) is 1. The van der Waals surface area contributed by atoms with Gasteiger partial charge in [0.25, 0.3) is 0 Å². The Labute approximate surface area is 128 Å². The minimum Gasteiger partial charge on any atom is -0.467 e. The van der Waals surface area contributed by atoms with Crippen molar-refractivity contribution < 1.29 is 28.7 Å². The Morgan fingerprint density at radius 3 is 2.41 bits per heavy atom. The molecule has 1 aliphatic carbocycles. The molecule has 0 unspecified atom stereocenters. The van der Waals surface area contributed by atoms with Crippen molar-refractivity contribution in [3.8, 4) is 0 Å². The lowest BCUT2D eigenvalue weighted by Gasteiger charge is -2.28. The van der Waals surface area contributed by atoms with Crippen LogP contribution in [0.3, 0.4) is 0 Å². The number of fused-ring (bicyclic) bond motifs is 1. The number of carbonyl (C=O) groups excluding carboxylic acids is 4. The van der Waals surface area contributed by atoms with E-state index >= 15 is 0 Å². The number of hydrogen-bond acceptors (Lipinski definition) is 6. The van der Waals surface area contributed by atoms with Crippen molar-refractivity contribution >= 4 is 23.8 Å². The number of methoxy groups -OCH3 is 1. The van der Waals surface area contributed by atoms with Crippen LogP contribution in [0.4, 0.5) is 4.79 Å². The largest absolute Gasteiger partial charge is 0.467 e. The van der Waals surface area contributed by atoms with Crippen LogP contribution in [0.15, 0.2) is 0 Å². The summed E-state index contributed by atoms with van der Waals surface area (Å²) in [7, 11) is 1.19. The molecular formula is C15H21NO6. The molecular weight excluding hydrogens is 290 g/mol. The predicted octanol–water partition coefficient (Wildman–Crippen LogP) is 1.29. The van der Waals surface area contributed by atoms with Crippen LogP contribution in [0.25, 0.3) is 0 Å².